The van der Waals surface area contributed by atoms with Crippen LogP contribution >= 0.6 is 0 Å². The van der Waals surface area contributed by atoms with Crippen molar-refractivity contribution >= 4 is 16.6 Å². The quantitative estimate of drug-likeness (QED) is 0.667. The van der Waals surface area contributed by atoms with Gasteiger partial charge in [-0.2, -0.15) is 0 Å². The van der Waals surface area contributed by atoms with Crippen LogP contribution in [0.15, 0.2) is 30.5 Å². The molecular formula is C23H29N5O. The second-order valence-electron chi connectivity index (χ2n) is 9.37. The van der Waals surface area contributed by atoms with Crippen molar-refractivity contribution in [1.29, 1.82) is 0 Å². The topological polar surface area (TPSA) is 56.1 Å². The van der Waals surface area contributed by atoms with Gasteiger partial charge in [-0.25, -0.2) is 9.67 Å². The predicted octanol–water partition coefficient (Wildman–Crippen LogP) is 4.22. The van der Waals surface area contributed by atoms with Crippen molar-refractivity contribution in [3.63, 3.8) is 0 Å². The summed E-state index contributed by atoms with van der Waals surface area (Å²) >= 11 is 0. The summed E-state index contributed by atoms with van der Waals surface area (Å²) in [6.45, 7) is 10.5. The number of fused-ring (bicyclic) bond motifs is 1. The van der Waals surface area contributed by atoms with E-state index < -0.39 is 0 Å². The molecule has 0 N–H and O–H groups in total. The van der Waals surface area contributed by atoms with Gasteiger partial charge in [0.2, 0.25) is 0 Å². The zero-order chi connectivity index (χ0) is 20.0. The monoisotopic (exact) mass is 391 g/mol. The molecule has 6 heteroatoms. The molecule has 2 aliphatic heterocycles. The van der Waals surface area contributed by atoms with Gasteiger partial charge in [-0.3, -0.25) is 0 Å². The molecular weight excluding hydrogens is 362 g/mol. The summed E-state index contributed by atoms with van der Waals surface area (Å²) in [5.74, 6) is 0. The second-order valence-corrected chi connectivity index (χ2v) is 9.37. The van der Waals surface area contributed by atoms with Crippen LogP contribution in [-0.2, 0) is 11.3 Å². The van der Waals surface area contributed by atoms with Crippen molar-refractivity contribution in [1.82, 2.24) is 20.0 Å². The number of ether oxygens (including phenoxy) is 1. The van der Waals surface area contributed by atoms with E-state index in [2.05, 4.69) is 60.2 Å². The second kappa shape index (κ2) is 7.10. The van der Waals surface area contributed by atoms with Crippen molar-refractivity contribution < 1.29 is 4.74 Å². The van der Waals surface area contributed by atoms with E-state index in [1.165, 1.54) is 12.1 Å². The Morgan fingerprint density at radius 2 is 2.03 bits per heavy atom. The van der Waals surface area contributed by atoms with Crippen LogP contribution in [-0.4, -0.2) is 45.8 Å². The van der Waals surface area contributed by atoms with E-state index in [0.717, 1.165) is 66.9 Å². The minimum absolute atomic E-state index is 0.243. The molecule has 2 aliphatic rings. The molecule has 2 aromatic heterocycles. The maximum atomic E-state index is 5.84. The molecule has 0 spiro atoms. The van der Waals surface area contributed by atoms with E-state index >= 15 is 0 Å². The predicted molar refractivity (Wildman–Crippen MR) is 115 cm³/mol. The van der Waals surface area contributed by atoms with E-state index in [9.17, 15) is 0 Å². The summed E-state index contributed by atoms with van der Waals surface area (Å²) < 4.78 is 7.73. The van der Waals surface area contributed by atoms with E-state index in [0.29, 0.717) is 5.41 Å². The molecule has 0 saturated carbocycles. The molecule has 0 bridgehead atoms. The Hall–Kier alpha value is -2.47. The number of anilines is 1. The summed E-state index contributed by atoms with van der Waals surface area (Å²) in [4.78, 5) is 7.39. The maximum Gasteiger partial charge on any atom is 0.131 e. The number of benzene rings is 1. The molecule has 0 amide bonds. The highest BCUT2D eigenvalue weighted by Gasteiger charge is 2.34. The molecule has 3 aromatic rings. The fourth-order valence-corrected chi connectivity index (χ4v) is 4.54. The number of nitrogens with zero attached hydrogens (tertiary/aromatic N) is 5. The van der Waals surface area contributed by atoms with Crippen LogP contribution in [0.3, 0.4) is 0 Å². The number of aryl methyl sites for hydroxylation is 1. The normalized spacial score (nSPS) is 21.3. The zero-order valence-corrected chi connectivity index (χ0v) is 17.6. The first kappa shape index (κ1) is 18.6. The highest BCUT2D eigenvalue weighted by molar-refractivity contribution is 5.85. The molecule has 29 heavy (non-hydrogen) atoms. The molecule has 1 unspecified atom stereocenters. The van der Waals surface area contributed by atoms with Crippen LogP contribution in [0, 0.1) is 12.3 Å². The molecule has 2 fully saturated rings. The van der Waals surface area contributed by atoms with Gasteiger partial charge >= 0.3 is 0 Å². The van der Waals surface area contributed by atoms with Gasteiger partial charge < -0.3 is 9.64 Å². The third-order valence-corrected chi connectivity index (χ3v) is 6.04. The Morgan fingerprint density at radius 1 is 1.17 bits per heavy atom. The van der Waals surface area contributed by atoms with Gasteiger partial charge in [0.15, 0.2) is 0 Å². The number of aromatic nitrogens is 4. The highest BCUT2D eigenvalue weighted by atomic mass is 16.5. The Morgan fingerprint density at radius 3 is 2.79 bits per heavy atom. The number of rotatable bonds is 4. The summed E-state index contributed by atoms with van der Waals surface area (Å²) in [5, 5.41) is 9.90. The summed E-state index contributed by atoms with van der Waals surface area (Å²) in [5.41, 5.74) is 5.53. The lowest BCUT2D eigenvalue weighted by Crippen LogP contribution is -2.53. The minimum atomic E-state index is 0.243. The van der Waals surface area contributed by atoms with Crippen LogP contribution in [0.5, 0.6) is 0 Å². The zero-order valence-electron chi connectivity index (χ0n) is 17.6. The summed E-state index contributed by atoms with van der Waals surface area (Å²) in [6.07, 6.45) is 5.73. The SMILES string of the molecule is Cc1cc2ccc(N3CC(C)(C)C3)cc2nc1-c1cn(CC2CCCCO2)nn1. The molecule has 0 aliphatic carbocycles. The van der Waals surface area contributed by atoms with Crippen LogP contribution in [0.25, 0.3) is 22.3 Å². The highest BCUT2D eigenvalue weighted by Crippen LogP contribution is 2.35. The fraction of sp³-hybridized carbons (Fsp3) is 0.522. The average molecular weight is 392 g/mol. The lowest BCUT2D eigenvalue weighted by Gasteiger charge is -2.47. The summed E-state index contributed by atoms with van der Waals surface area (Å²) in [7, 11) is 0. The Kier molecular flexibility index (Phi) is 4.54. The molecule has 152 valence electrons. The van der Waals surface area contributed by atoms with Crippen LogP contribution in [0.1, 0.15) is 38.7 Å². The lowest BCUT2D eigenvalue weighted by molar-refractivity contribution is 0.00370. The number of pyridine rings is 1. The van der Waals surface area contributed by atoms with Gasteiger partial charge in [0.1, 0.15) is 5.69 Å². The van der Waals surface area contributed by atoms with Crippen molar-refractivity contribution in [2.75, 3.05) is 24.6 Å². The Balaban J connectivity index is 1.41. The smallest absolute Gasteiger partial charge is 0.131 e. The van der Waals surface area contributed by atoms with Gasteiger partial charge in [0, 0.05) is 30.8 Å². The maximum absolute atomic E-state index is 5.84. The number of hydrogen-bond acceptors (Lipinski definition) is 5. The van der Waals surface area contributed by atoms with E-state index in [1.807, 2.05) is 10.9 Å². The van der Waals surface area contributed by atoms with Gasteiger partial charge in [-0.05, 0) is 55.4 Å². The van der Waals surface area contributed by atoms with Crippen molar-refractivity contribution in [2.45, 2.75) is 52.7 Å². The van der Waals surface area contributed by atoms with Crippen molar-refractivity contribution in [2.24, 2.45) is 5.41 Å². The molecule has 1 aromatic carbocycles. The third kappa shape index (κ3) is 3.73. The van der Waals surface area contributed by atoms with Crippen LogP contribution in [0.4, 0.5) is 5.69 Å². The first-order valence-electron chi connectivity index (χ1n) is 10.7. The van der Waals surface area contributed by atoms with Crippen LogP contribution < -0.4 is 4.90 Å². The molecule has 5 rings (SSSR count). The van der Waals surface area contributed by atoms with Gasteiger partial charge in [0.05, 0.1) is 30.1 Å². The van der Waals surface area contributed by atoms with E-state index in [4.69, 9.17) is 9.72 Å². The Labute approximate surface area is 171 Å². The van der Waals surface area contributed by atoms with Crippen molar-refractivity contribution in [3.05, 3.63) is 36.0 Å². The van der Waals surface area contributed by atoms with Crippen molar-refractivity contribution in [3.8, 4) is 11.4 Å². The van der Waals surface area contributed by atoms with Crippen LogP contribution in [0.2, 0.25) is 0 Å². The fourth-order valence-electron chi connectivity index (χ4n) is 4.54. The Bertz CT molecular complexity index is 1030. The molecule has 2 saturated heterocycles. The van der Waals surface area contributed by atoms with Gasteiger partial charge in [-0.1, -0.05) is 25.1 Å². The third-order valence-electron chi connectivity index (χ3n) is 6.04. The standard InChI is InChI=1S/C23H29N5O/c1-16-10-17-7-8-18(27-14-23(2,3)15-27)11-20(17)24-22(16)21-13-28(26-25-21)12-19-6-4-5-9-29-19/h7-8,10-11,13,19H,4-6,9,12,14-15H2,1-3H3. The largest absolute Gasteiger partial charge is 0.376 e. The van der Waals surface area contributed by atoms with E-state index in [1.54, 1.807) is 0 Å². The van der Waals surface area contributed by atoms with Gasteiger partial charge in [0.25, 0.3) is 0 Å². The minimum Gasteiger partial charge on any atom is -0.376 e. The average Bonchev–Trinajstić information content (AvgIpc) is 3.14. The number of hydrogen-bond donors (Lipinski definition) is 0. The molecule has 0 radical (unpaired) electrons. The first-order valence-corrected chi connectivity index (χ1v) is 10.7. The molecule has 4 heterocycles. The molecule has 1 atom stereocenters. The first-order chi connectivity index (χ1) is 14.0. The van der Waals surface area contributed by atoms with E-state index in [-0.39, 0.29) is 6.10 Å². The molecule has 6 nitrogen and oxygen atoms in total. The lowest BCUT2D eigenvalue weighted by atomic mass is 9.84. The van der Waals surface area contributed by atoms with Gasteiger partial charge in [-0.15, -0.1) is 5.10 Å². The summed E-state index contributed by atoms with van der Waals surface area (Å²) in [6, 6.07) is 8.79.